The third kappa shape index (κ3) is 3.65. The Morgan fingerprint density at radius 1 is 1.29 bits per heavy atom. The van der Waals surface area contributed by atoms with Crippen LogP contribution >= 0.6 is 15.9 Å². The summed E-state index contributed by atoms with van der Waals surface area (Å²) in [6.45, 7) is 7.62. The zero-order chi connectivity index (χ0) is 19.8. The molecule has 0 unspecified atom stereocenters. The maximum absolute atomic E-state index is 12.7. The molecular formula is C21H29BrN4O2. The summed E-state index contributed by atoms with van der Waals surface area (Å²) in [5.41, 5.74) is 0.923. The maximum atomic E-state index is 12.7. The molecule has 152 valence electrons. The molecule has 6 nitrogen and oxygen atoms in total. The van der Waals surface area contributed by atoms with Crippen molar-refractivity contribution in [2.45, 2.75) is 59.0 Å². The number of carbonyl (C=O) groups is 1. The van der Waals surface area contributed by atoms with Crippen molar-refractivity contribution in [3.8, 4) is 0 Å². The Hall–Kier alpha value is -1.63. The topological polar surface area (TPSA) is 69.0 Å². The highest BCUT2D eigenvalue weighted by atomic mass is 79.9. The molecule has 2 aromatic heterocycles. The predicted octanol–water partition coefficient (Wildman–Crippen LogP) is 4.63. The first-order valence-corrected chi connectivity index (χ1v) is 11.2. The molecule has 0 aliphatic heterocycles. The summed E-state index contributed by atoms with van der Waals surface area (Å²) in [7, 11) is 0. The van der Waals surface area contributed by atoms with Crippen molar-refractivity contribution in [3.05, 3.63) is 17.0 Å². The lowest BCUT2D eigenvalue weighted by Gasteiger charge is -2.47. The molecule has 0 amide bonds. The minimum absolute atomic E-state index is 0.0591. The summed E-state index contributed by atoms with van der Waals surface area (Å²) in [5.74, 6) is 2.09. The molecule has 7 heteroatoms. The minimum Gasteiger partial charge on any atom is -0.466 e. The summed E-state index contributed by atoms with van der Waals surface area (Å²) < 4.78 is 8.18. The van der Waals surface area contributed by atoms with Gasteiger partial charge in [-0.25, -0.2) is 9.97 Å². The molecule has 3 aliphatic rings. The van der Waals surface area contributed by atoms with E-state index in [2.05, 4.69) is 61.9 Å². The monoisotopic (exact) mass is 448 g/mol. The molecule has 5 rings (SSSR count). The lowest BCUT2D eigenvalue weighted by atomic mass is 9.61. The molecule has 3 saturated carbocycles. The summed E-state index contributed by atoms with van der Waals surface area (Å²) in [6, 6.07) is 2.15. The molecule has 2 heterocycles. The number of nitrogens with one attached hydrogen (secondary N) is 1. The molecule has 3 fully saturated rings. The molecule has 0 spiro atoms. The van der Waals surface area contributed by atoms with Crippen LogP contribution in [-0.2, 0) is 16.1 Å². The number of nitrogens with zero attached hydrogens (tertiary/aromatic N) is 3. The van der Waals surface area contributed by atoms with E-state index in [1.54, 1.807) is 0 Å². The van der Waals surface area contributed by atoms with E-state index >= 15 is 0 Å². The van der Waals surface area contributed by atoms with Crippen molar-refractivity contribution < 1.29 is 9.53 Å². The largest absolute Gasteiger partial charge is 0.466 e. The number of hydrogen-bond acceptors (Lipinski definition) is 5. The molecule has 2 atom stereocenters. The third-order valence-electron chi connectivity index (χ3n) is 6.23. The van der Waals surface area contributed by atoms with Crippen LogP contribution in [0.25, 0.3) is 11.0 Å². The van der Waals surface area contributed by atoms with E-state index in [9.17, 15) is 4.79 Å². The number of fused-ring (bicyclic) bond motifs is 4. The van der Waals surface area contributed by atoms with Crippen molar-refractivity contribution >= 4 is 38.8 Å². The second kappa shape index (κ2) is 8.01. The van der Waals surface area contributed by atoms with Crippen LogP contribution in [0.15, 0.2) is 17.0 Å². The second-order valence-electron chi connectivity index (χ2n) is 8.56. The van der Waals surface area contributed by atoms with Crippen molar-refractivity contribution in [1.82, 2.24) is 14.5 Å². The Balaban J connectivity index is 1.68. The molecule has 28 heavy (non-hydrogen) atoms. The molecule has 3 aliphatic carbocycles. The standard InChI is InChI=1S/C21H29BrN4O2/c1-4-28-20(27)16-13-5-7-14(8-6-13)17(16)23-18-15-9-10-26(11-12(2)3)19(15)25-21(22)24-18/h9-10,12-14,16-17H,4-8,11H2,1-3H3,(H,23,24,25)/t13?,14?,16-,17-/m0/s1. The van der Waals surface area contributed by atoms with Crippen molar-refractivity contribution in [3.63, 3.8) is 0 Å². The summed E-state index contributed by atoms with van der Waals surface area (Å²) in [6.07, 6.45) is 6.66. The summed E-state index contributed by atoms with van der Waals surface area (Å²) in [5, 5.41) is 4.66. The SMILES string of the molecule is CCOC(=O)[C@H]1C2CCC(CC2)[C@@H]1Nc1nc(Br)nc2c1ccn2CC(C)C. The number of rotatable bonds is 6. The van der Waals surface area contributed by atoms with Gasteiger partial charge in [0.2, 0.25) is 4.73 Å². The van der Waals surface area contributed by atoms with E-state index in [0.717, 1.165) is 36.2 Å². The average Bonchev–Trinajstić information content (AvgIpc) is 3.05. The molecule has 0 saturated heterocycles. The van der Waals surface area contributed by atoms with Crippen LogP contribution in [0, 0.1) is 23.7 Å². The van der Waals surface area contributed by atoms with E-state index in [0.29, 0.717) is 29.1 Å². The normalized spacial score (nSPS) is 26.8. The fraction of sp³-hybridized carbons (Fsp3) is 0.667. The van der Waals surface area contributed by atoms with E-state index in [4.69, 9.17) is 4.74 Å². The van der Waals surface area contributed by atoms with E-state index < -0.39 is 0 Å². The number of ether oxygens (including phenoxy) is 1. The van der Waals surface area contributed by atoms with Crippen LogP contribution < -0.4 is 5.32 Å². The Morgan fingerprint density at radius 3 is 2.68 bits per heavy atom. The smallest absolute Gasteiger partial charge is 0.311 e. The zero-order valence-corrected chi connectivity index (χ0v) is 18.4. The van der Waals surface area contributed by atoms with Crippen molar-refractivity contribution in [2.75, 3.05) is 11.9 Å². The minimum atomic E-state index is -0.0889. The molecule has 0 radical (unpaired) electrons. The number of aromatic nitrogens is 3. The third-order valence-corrected chi connectivity index (χ3v) is 6.59. The molecule has 1 N–H and O–H groups in total. The van der Waals surface area contributed by atoms with Gasteiger partial charge in [0, 0.05) is 18.8 Å². The van der Waals surface area contributed by atoms with Crippen LogP contribution in [0.3, 0.4) is 0 Å². The number of halogens is 1. The van der Waals surface area contributed by atoms with Gasteiger partial charge in [0.05, 0.1) is 17.9 Å². The molecule has 2 aromatic rings. The second-order valence-corrected chi connectivity index (χ2v) is 9.27. The lowest BCUT2D eigenvalue weighted by molar-refractivity contribution is -0.154. The van der Waals surface area contributed by atoms with Crippen LogP contribution in [-0.4, -0.2) is 33.2 Å². The van der Waals surface area contributed by atoms with Crippen LogP contribution in [0.1, 0.15) is 46.5 Å². The summed E-state index contributed by atoms with van der Waals surface area (Å²) >= 11 is 3.48. The first-order chi connectivity index (χ1) is 13.5. The van der Waals surface area contributed by atoms with Gasteiger partial charge < -0.3 is 14.6 Å². The fourth-order valence-electron chi connectivity index (χ4n) is 5.08. The number of hydrogen-bond donors (Lipinski definition) is 1. The predicted molar refractivity (Wildman–Crippen MR) is 113 cm³/mol. The van der Waals surface area contributed by atoms with Crippen LogP contribution in [0.5, 0.6) is 0 Å². The van der Waals surface area contributed by atoms with Crippen molar-refractivity contribution in [2.24, 2.45) is 23.7 Å². The van der Waals surface area contributed by atoms with E-state index in [-0.39, 0.29) is 17.9 Å². The van der Waals surface area contributed by atoms with Crippen LogP contribution in [0.2, 0.25) is 0 Å². The van der Waals surface area contributed by atoms with E-state index in [1.807, 2.05) is 6.92 Å². The Bertz CT molecular complexity index is 857. The maximum Gasteiger partial charge on any atom is 0.311 e. The highest BCUT2D eigenvalue weighted by Gasteiger charge is 2.48. The highest BCUT2D eigenvalue weighted by molar-refractivity contribution is 9.10. The quantitative estimate of drug-likeness (QED) is 0.515. The van der Waals surface area contributed by atoms with Gasteiger partial charge in [-0.15, -0.1) is 0 Å². The van der Waals surface area contributed by atoms with Crippen LogP contribution in [0.4, 0.5) is 5.82 Å². The number of anilines is 1. The first-order valence-electron chi connectivity index (χ1n) is 10.4. The molecule has 0 aromatic carbocycles. The Labute approximate surface area is 174 Å². The summed E-state index contributed by atoms with van der Waals surface area (Å²) in [4.78, 5) is 22.0. The van der Waals surface area contributed by atoms with Gasteiger partial charge in [0.15, 0.2) is 0 Å². The van der Waals surface area contributed by atoms with Gasteiger partial charge in [-0.05, 0) is 72.4 Å². The first kappa shape index (κ1) is 19.7. The van der Waals surface area contributed by atoms with Gasteiger partial charge in [-0.2, -0.15) is 0 Å². The Kier molecular flexibility index (Phi) is 5.63. The molecule has 2 bridgehead atoms. The fourth-order valence-corrected chi connectivity index (χ4v) is 5.43. The van der Waals surface area contributed by atoms with Crippen molar-refractivity contribution in [1.29, 1.82) is 0 Å². The van der Waals surface area contributed by atoms with Gasteiger partial charge in [0.1, 0.15) is 11.5 Å². The van der Waals surface area contributed by atoms with Gasteiger partial charge in [0.25, 0.3) is 0 Å². The van der Waals surface area contributed by atoms with Gasteiger partial charge in [-0.1, -0.05) is 13.8 Å². The molecular weight excluding hydrogens is 420 g/mol. The number of carbonyl (C=O) groups excluding carboxylic acids is 1. The zero-order valence-electron chi connectivity index (χ0n) is 16.8. The van der Waals surface area contributed by atoms with Gasteiger partial charge >= 0.3 is 5.97 Å². The average molecular weight is 449 g/mol. The van der Waals surface area contributed by atoms with E-state index in [1.165, 1.54) is 12.8 Å². The highest BCUT2D eigenvalue weighted by Crippen LogP contribution is 2.47. The van der Waals surface area contributed by atoms with Gasteiger partial charge in [-0.3, -0.25) is 4.79 Å². The Morgan fingerprint density at radius 2 is 2.00 bits per heavy atom. The number of esters is 1. The lowest BCUT2D eigenvalue weighted by Crippen LogP contribution is -2.52.